The number of halogens is 1. The number of carbonyl (C=O) groups excluding carboxylic acids is 1. The topological polar surface area (TPSA) is 80.9 Å². The van der Waals surface area contributed by atoms with Crippen molar-refractivity contribution in [2.75, 3.05) is 5.32 Å². The number of nitrogens with one attached hydrogen (secondary N) is 1. The summed E-state index contributed by atoms with van der Waals surface area (Å²) in [6.45, 7) is 5.61. The lowest BCUT2D eigenvalue weighted by atomic mass is 10.3. The molecule has 0 aliphatic carbocycles. The fourth-order valence-corrected chi connectivity index (χ4v) is 3.71. The lowest BCUT2D eigenvalue weighted by Gasteiger charge is -2.09. The monoisotopic (exact) mass is 394 g/mol. The number of amides is 1. The minimum absolute atomic E-state index is 0.156. The predicted octanol–water partition coefficient (Wildman–Crippen LogP) is 4.58. The summed E-state index contributed by atoms with van der Waals surface area (Å²) in [5.74, 6) is 0.271. The van der Waals surface area contributed by atoms with Gasteiger partial charge in [0.1, 0.15) is 4.88 Å². The Morgan fingerprint density at radius 3 is 2.64 bits per heavy atom. The minimum atomic E-state index is -0.395. The Labute approximate surface area is 158 Å². The maximum Gasteiger partial charge on any atom is 0.277 e. The van der Waals surface area contributed by atoms with Crippen LogP contribution in [0.4, 0.5) is 5.69 Å². The predicted molar refractivity (Wildman–Crippen MR) is 100 cm³/mol. The number of anilines is 1. The molecule has 1 atom stereocenters. The van der Waals surface area contributed by atoms with Gasteiger partial charge in [0, 0.05) is 10.7 Å². The Kier molecular flexibility index (Phi) is 5.41. The van der Waals surface area contributed by atoms with E-state index in [0.29, 0.717) is 21.8 Å². The zero-order chi connectivity index (χ0) is 18.0. The van der Waals surface area contributed by atoms with Crippen LogP contribution < -0.4 is 5.32 Å². The minimum Gasteiger partial charge on any atom is -0.410 e. The Balaban J connectivity index is 1.64. The molecule has 25 heavy (non-hydrogen) atoms. The van der Waals surface area contributed by atoms with Gasteiger partial charge in [0.15, 0.2) is 0 Å². The molecule has 0 aliphatic heterocycles. The van der Waals surface area contributed by atoms with Crippen molar-refractivity contribution in [3.63, 3.8) is 0 Å². The van der Waals surface area contributed by atoms with Crippen LogP contribution in [-0.2, 0) is 4.79 Å². The van der Waals surface area contributed by atoms with E-state index in [4.69, 9.17) is 16.0 Å². The van der Waals surface area contributed by atoms with Gasteiger partial charge in [-0.25, -0.2) is 4.98 Å². The van der Waals surface area contributed by atoms with Gasteiger partial charge in [-0.2, -0.15) is 0 Å². The van der Waals surface area contributed by atoms with Gasteiger partial charge in [0.05, 0.1) is 16.0 Å². The van der Waals surface area contributed by atoms with Crippen molar-refractivity contribution in [3.05, 3.63) is 40.0 Å². The molecule has 3 rings (SSSR count). The number of nitrogens with zero attached hydrogens (tertiary/aromatic N) is 3. The summed E-state index contributed by atoms with van der Waals surface area (Å²) in [4.78, 5) is 17.5. The normalized spacial score (nSPS) is 12.2. The van der Waals surface area contributed by atoms with Crippen LogP contribution in [0.3, 0.4) is 0 Å². The molecule has 0 aliphatic rings. The molecule has 2 heterocycles. The first kappa shape index (κ1) is 17.9. The fraction of sp³-hybridized carbons (Fsp3) is 0.250. The van der Waals surface area contributed by atoms with E-state index < -0.39 is 5.25 Å². The number of hydrogen-bond donors (Lipinski definition) is 1. The third-order valence-electron chi connectivity index (χ3n) is 3.26. The van der Waals surface area contributed by atoms with E-state index in [1.165, 1.54) is 23.1 Å². The van der Waals surface area contributed by atoms with Crippen molar-refractivity contribution < 1.29 is 9.21 Å². The van der Waals surface area contributed by atoms with Crippen molar-refractivity contribution >= 4 is 46.3 Å². The third kappa shape index (κ3) is 4.39. The molecule has 1 amide bonds. The van der Waals surface area contributed by atoms with Gasteiger partial charge in [0.25, 0.3) is 11.1 Å². The molecular formula is C16H15ClN4O2S2. The molecule has 0 saturated heterocycles. The van der Waals surface area contributed by atoms with E-state index in [0.717, 1.165) is 15.6 Å². The van der Waals surface area contributed by atoms with Crippen LogP contribution in [0, 0.1) is 13.8 Å². The van der Waals surface area contributed by atoms with Crippen LogP contribution in [0.25, 0.3) is 10.8 Å². The van der Waals surface area contributed by atoms with E-state index in [-0.39, 0.29) is 5.91 Å². The molecule has 0 fully saturated rings. The molecule has 6 nitrogen and oxygen atoms in total. The smallest absolute Gasteiger partial charge is 0.277 e. The molecular weight excluding hydrogens is 380 g/mol. The van der Waals surface area contributed by atoms with Crippen molar-refractivity contribution in [3.8, 4) is 10.8 Å². The molecule has 1 unspecified atom stereocenters. The summed E-state index contributed by atoms with van der Waals surface area (Å²) in [6.07, 6.45) is 0. The standard InChI is InChI=1S/C16H15ClN4O2S2/c1-8-13(25-10(3)18-8)15-20-21-16(23-15)24-9(2)14(22)19-12-6-4-11(17)5-7-12/h4-7,9H,1-3H3,(H,19,22). The molecule has 2 aromatic heterocycles. The summed E-state index contributed by atoms with van der Waals surface area (Å²) >= 11 is 8.55. The van der Waals surface area contributed by atoms with Crippen LogP contribution in [0.5, 0.6) is 0 Å². The molecule has 3 aromatic rings. The zero-order valence-electron chi connectivity index (χ0n) is 13.7. The van der Waals surface area contributed by atoms with Gasteiger partial charge >= 0.3 is 0 Å². The van der Waals surface area contributed by atoms with Crippen LogP contribution in [0.2, 0.25) is 5.02 Å². The van der Waals surface area contributed by atoms with E-state index in [2.05, 4.69) is 20.5 Å². The maximum absolute atomic E-state index is 12.3. The Hall–Kier alpha value is -1.90. The number of thioether (sulfide) groups is 1. The van der Waals surface area contributed by atoms with E-state index in [1.807, 2.05) is 13.8 Å². The van der Waals surface area contributed by atoms with Crippen molar-refractivity contribution in [1.29, 1.82) is 0 Å². The lowest BCUT2D eigenvalue weighted by molar-refractivity contribution is -0.115. The van der Waals surface area contributed by atoms with Gasteiger partial charge in [-0.3, -0.25) is 4.79 Å². The van der Waals surface area contributed by atoms with E-state index in [1.54, 1.807) is 31.2 Å². The number of aromatic nitrogens is 3. The number of aryl methyl sites for hydroxylation is 2. The molecule has 130 valence electrons. The molecule has 9 heteroatoms. The van der Waals surface area contributed by atoms with Crippen LogP contribution in [-0.4, -0.2) is 26.3 Å². The number of thiazole rings is 1. The fourth-order valence-electron chi connectivity index (χ4n) is 2.06. The van der Waals surface area contributed by atoms with E-state index >= 15 is 0 Å². The quantitative estimate of drug-likeness (QED) is 0.638. The van der Waals surface area contributed by atoms with Gasteiger partial charge in [0.2, 0.25) is 5.91 Å². The highest BCUT2D eigenvalue weighted by atomic mass is 35.5. The number of rotatable bonds is 5. The van der Waals surface area contributed by atoms with Gasteiger partial charge < -0.3 is 9.73 Å². The second-order valence-electron chi connectivity index (χ2n) is 5.28. The molecule has 0 spiro atoms. The summed E-state index contributed by atoms with van der Waals surface area (Å²) in [7, 11) is 0. The largest absolute Gasteiger partial charge is 0.410 e. The first-order valence-corrected chi connectivity index (χ1v) is 9.51. The summed E-state index contributed by atoms with van der Waals surface area (Å²) < 4.78 is 5.66. The second-order valence-corrected chi connectivity index (χ2v) is 8.21. The highest BCUT2D eigenvalue weighted by Gasteiger charge is 2.20. The summed E-state index contributed by atoms with van der Waals surface area (Å²) in [6, 6.07) is 6.94. The van der Waals surface area contributed by atoms with Gasteiger partial charge in [-0.15, -0.1) is 21.5 Å². The first-order valence-electron chi connectivity index (χ1n) is 7.43. The maximum atomic E-state index is 12.3. The number of carbonyl (C=O) groups is 1. The summed E-state index contributed by atoms with van der Waals surface area (Å²) in [5.41, 5.74) is 1.54. The Morgan fingerprint density at radius 1 is 1.28 bits per heavy atom. The second kappa shape index (κ2) is 7.55. The Bertz CT molecular complexity index is 892. The third-order valence-corrected chi connectivity index (χ3v) is 5.51. The number of hydrogen-bond acceptors (Lipinski definition) is 7. The highest BCUT2D eigenvalue weighted by Crippen LogP contribution is 2.31. The van der Waals surface area contributed by atoms with Gasteiger partial charge in [-0.05, 0) is 45.0 Å². The number of benzene rings is 1. The summed E-state index contributed by atoms with van der Waals surface area (Å²) in [5, 5.41) is 12.4. The van der Waals surface area contributed by atoms with Crippen LogP contribution in [0.15, 0.2) is 33.9 Å². The molecule has 0 bridgehead atoms. The van der Waals surface area contributed by atoms with E-state index in [9.17, 15) is 4.79 Å². The van der Waals surface area contributed by atoms with Crippen LogP contribution >= 0.6 is 34.7 Å². The molecule has 0 saturated carbocycles. The van der Waals surface area contributed by atoms with Gasteiger partial charge in [-0.1, -0.05) is 23.4 Å². The molecule has 1 aromatic carbocycles. The average molecular weight is 395 g/mol. The molecule has 0 radical (unpaired) electrons. The Morgan fingerprint density at radius 2 is 2.00 bits per heavy atom. The molecule has 1 N–H and O–H groups in total. The first-order chi connectivity index (χ1) is 11.9. The van der Waals surface area contributed by atoms with Crippen molar-refractivity contribution in [2.24, 2.45) is 0 Å². The SMILES string of the molecule is Cc1nc(C)c(-c2nnc(SC(C)C(=O)Nc3ccc(Cl)cc3)o2)s1. The zero-order valence-corrected chi connectivity index (χ0v) is 16.1. The highest BCUT2D eigenvalue weighted by molar-refractivity contribution is 8.00. The lowest BCUT2D eigenvalue weighted by Crippen LogP contribution is -2.22. The van der Waals surface area contributed by atoms with Crippen LogP contribution in [0.1, 0.15) is 17.6 Å². The average Bonchev–Trinajstić information content (AvgIpc) is 3.15. The van der Waals surface area contributed by atoms with Crippen molar-refractivity contribution in [2.45, 2.75) is 31.2 Å². The van der Waals surface area contributed by atoms with Crippen molar-refractivity contribution in [1.82, 2.24) is 15.2 Å².